The van der Waals surface area contributed by atoms with Gasteiger partial charge in [0, 0.05) is 26.1 Å². The molecule has 128 valence electrons. The number of H-pyrrole nitrogens is 1. The number of aromatic amines is 1. The molecule has 0 aliphatic carbocycles. The van der Waals surface area contributed by atoms with Gasteiger partial charge in [-0.1, -0.05) is 19.1 Å². The van der Waals surface area contributed by atoms with E-state index in [-0.39, 0.29) is 24.3 Å². The highest BCUT2D eigenvalue weighted by Gasteiger charge is 2.34. The molecule has 1 saturated heterocycles. The lowest BCUT2D eigenvalue weighted by atomic mass is 9.90. The Morgan fingerprint density at radius 3 is 2.79 bits per heavy atom. The summed E-state index contributed by atoms with van der Waals surface area (Å²) in [6.45, 7) is 4.24. The summed E-state index contributed by atoms with van der Waals surface area (Å²) < 4.78 is 1.45. The van der Waals surface area contributed by atoms with E-state index in [1.165, 1.54) is 4.57 Å². The number of hydrogen-bond acceptors (Lipinski definition) is 4. The zero-order chi connectivity index (χ0) is 17.3. The molecular weight excluding hydrogens is 308 g/mol. The molecule has 3 rings (SSSR count). The van der Waals surface area contributed by atoms with Crippen LogP contribution in [0.5, 0.6) is 0 Å². The summed E-state index contributed by atoms with van der Waals surface area (Å²) in [4.78, 5) is 40.5. The van der Waals surface area contributed by atoms with Gasteiger partial charge in [0.25, 0.3) is 5.56 Å². The number of aryl methyl sites for hydroxylation is 1. The number of nitrogens with zero attached hydrogens (tertiary/aromatic N) is 2. The molecule has 1 aromatic carbocycles. The molecule has 1 fully saturated rings. The SMILES string of the molecule is CC1(CN)CCN(C(=O)CCn2c(=O)[nH]c(=O)c3ccccc32)C1. The monoisotopic (exact) mass is 330 g/mol. The van der Waals surface area contributed by atoms with Gasteiger partial charge < -0.3 is 10.6 Å². The third-order valence-corrected chi connectivity index (χ3v) is 4.86. The number of carbonyl (C=O) groups excluding carboxylic acids is 1. The van der Waals surface area contributed by atoms with Gasteiger partial charge in [-0.15, -0.1) is 0 Å². The lowest BCUT2D eigenvalue weighted by molar-refractivity contribution is -0.130. The second-order valence-corrected chi connectivity index (χ2v) is 6.76. The molecule has 1 unspecified atom stereocenters. The van der Waals surface area contributed by atoms with Crippen molar-refractivity contribution >= 4 is 16.8 Å². The van der Waals surface area contributed by atoms with Crippen LogP contribution in [0.1, 0.15) is 19.8 Å². The number of rotatable bonds is 4. The average Bonchev–Trinajstić information content (AvgIpc) is 2.98. The minimum atomic E-state index is -0.486. The molecule has 1 aromatic heterocycles. The Hall–Kier alpha value is -2.41. The topological polar surface area (TPSA) is 101 Å². The predicted molar refractivity (Wildman–Crippen MR) is 91.8 cm³/mol. The van der Waals surface area contributed by atoms with E-state index >= 15 is 0 Å². The van der Waals surface area contributed by atoms with Gasteiger partial charge in [-0.3, -0.25) is 19.1 Å². The Balaban J connectivity index is 1.78. The van der Waals surface area contributed by atoms with Crippen molar-refractivity contribution in [1.82, 2.24) is 14.5 Å². The first-order valence-corrected chi connectivity index (χ1v) is 8.13. The number of nitrogens with one attached hydrogen (secondary N) is 1. The van der Waals surface area contributed by atoms with Crippen molar-refractivity contribution in [2.24, 2.45) is 11.1 Å². The second kappa shape index (κ2) is 6.24. The Bertz CT molecular complexity index is 885. The van der Waals surface area contributed by atoms with Crippen LogP contribution in [0, 0.1) is 5.41 Å². The number of hydrogen-bond donors (Lipinski definition) is 2. The molecule has 2 heterocycles. The van der Waals surface area contributed by atoms with Gasteiger partial charge in [-0.2, -0.15) is 0 Å². The van der Waals surface area contributed by atoms with Crippen LogP contribution in [0.4, 0.5) is 0 Å². The summed E-state index contributed by atoms with van der Waals surface area (Å²) in [6.07, 6.45) is 1.12. The van der Waals surface area contributed by atoms with Gasteiger partial charge in [0.2, 0.25) is 5.91 Å². The first-order valence-electron chi connectivity index (χ1n) is 8.13. The van der Waals surface area contributed by atoms with Crippen LogP contribution in [-0.4, -0.2) is 40.0 Å². The highest BCUT2D eigenvalue weighted by molar-refractivity contribution is 5.79. The molecule has 2 aromatic rings. The van der Waals surface area contributed by atoms with E-state index in [2.05, 4.69) is 11.9 Å². The molecular formula is C17H22N4O3. The maximum atomic E-state index is 12.4. The molecule has 1 atom stereocenters. The van der Waals surface area contributed by atoms with Gasteiger partial charge >= 0.3 is 5.69 Å². The zero-order valence-electron chi connectivity index (χ0n) is 13.7. The molecule has 7 nitrogen and oxygen atoms in total. The fourth-order valence-electron chi connectivity index (χ4n) is 3.23. The van der Waals surface area contributed by atoms with Gasteiger partial charge in [0.1, 0.15) is 0 Å². The average molecular weight is 330 g/mol. The molecule has 0 bridgehead atoms. The molecule has 1 aliphatic rings. The number of benzene rings is 1. The van der Waals surface area contributed by atoms with Crippen molar-refractivity contribution in [3.05, 3.63) is 45.1 Å². The third-order valence-electron chi connectivity index (χ3n) is 4.86. The van der Waals surface area contributed by atoms with Crippen LogP contribution >= 0.6 is 0 Å². The number of para-hydroxylation sites is 1. The van der Waals surface area contributed by atoms with E-state index in [9.17, 15) is 14.4 Å². The number of carbonyl (C=O) groups is 1. The van der Waals surface area contributed by atoms with E-state index < -0.39 is 11.2 Å². The van der Waals surface area contributed by atoms with E-state index in [0.717, 1.165) is 6.42 Å². The number of aromatic nitrogens is 2. The lowest BCUT2D eigenvalue weighted by Gasteiger charge is -2.22. The Morgan fingerprint density at radius 2 is 2.08 bits per heavy atom. The smallest absolute Gasteiger partial charge is 0.328 e. The van der Waals surface area contributed by atoms with Gasteiger partial charge in [-0.05, 0) is 30.5 Å². The minimum Gasteiger partial charge on any atom is -0.342 e. The predicted octanol–water partition coefficient (Wildman–Crippen LogP) is 0.277. The summed E-state index contributed by atoms with van der Waals surface area (Å²) in [5, 5.41) is 0.446. The van der Waals surface area contributed by atoms with E-state index in [1.54, 1.807) is 24.3 Å². The summed E-state index contributed by atoms with van der Waals surface area (Å²) in [6, 6.07) is 6.90. The van der Waals surface area contributed by atoms with Crippen molar-refractivity contribution < 1.29 is 4.79 Å². The number of nitrogens with two attached hydrogens (primary N) is 1. The number of likely N-dealkylation sites (tertiary alicyclic amines) is 1. The van der Waals surface area contributed by atoms with Crippen LogP contribution < -0.4 is 17.0 Å². The molecule has 0 saturated carbocycles. The normalized spacial score (nSPS) is 20.7. The minimum absolute atomic E-state index is 0.00866. The van der Waals surface area contributed by atoms with Gasteiger partial charge in [0.05, 0.1) is 10.9 Å². The number of amides is 1. The van der Waals surface area contributed by atoms with E-state index in [1.807, 2.05) is 4.90 Å². The molecule has 1 aliphatic heterocycles. The third kappa shape index (κ3) is 2.99. The van der Waals surface area contributed by atoms with Crippen molar-refractivity contribution in [2.45, 2.75) is 26.3 Å². The van der Waals surface area contributed by atoms with Gasteiger partial charge in [-0.25, -0.2) is 4.79 Å². The summed E-state index contributed by atoms with van der Waals surface area (Å²) in [5.74, 6) is 0.00866. The van der Waals surface area contributed by atoms with Crippen LogP contribution in [-0.2, 0) is 11.3 Å². The molecule has 7 heteroatoms. The first kappa shape index (κ1) is 16.4. The Morgan fingerprint density at radius 1 is 1.33 bits per heavy atom. The second-order valence-electron chi connectivity index (χ2n) is 6.76. The maximum absolute atomic E-state index is 12.4. The molecule has 3 N–H and O–H groups in total. The molecule has 24 heavy (non-hydrogen) atoms. The first-order chi connectivity index (χ1) is 11.4. The fraction of sp³-hybridized carbons (Fsp3) is 0.471. The number of fused-ring (bicyclic) bond motifs is 1. The van der Waals surface area contributed by atoms with Crippen molar-refractivity contribution in [2.75, 3.05) is 19.6 Å². The van der Waals surface area contributed by atoms with Crippen LogP contribution in [0.25, 0.3) is 10.9 Å². The van der Waals surface area contributed by atoms with Crippen molar-refractivity contribution in [1.29, 1.82) is 0 Å². The van der Waals surface area contributed by atoms with Crippen LogP contribution in [0.15, 0.2) is 33.9 Å². The molecule has 0 radical (unpaired) electrons. The standard InChI is InChI=1S/C17H22N4O3/c1-17(10-18)7-9-20(11-17)14(22)6-8-21-13-5-3-2-4-12(13)15(23)19-16(21)24/h2-5H,6-11,18H2,1H3,(H,19,23,24). The largest absolute Gasteiger partial charge is 0.342 e. The van der Waals surface area contributed by atoms with Crippen molar-refractivity contribution in [3.8, 4) is 0 Å². The quantitative estimate of drug-likeness (QED) is 0.840. The van der Waals surface area contributed by atoms with E-state index in [4.69, 9.17) is 5.73 Å². The van der Waals surface area contributed by atoms with Gasteiger partial charge in [0.15, 0.2) is 0 Å². The summed E-state index contributed by atoms with van der Waals surface area (Å²) in [5.41, 5.74) is 5.41. The molecule has 1 amide bonds. The summed E-state index contributed by atoms with van der Waals surface area (Å²) in [7, 11) is 0. The highest BCUT2D eigenvalue weighted by atomic mass is 16.2. The fourth-order valence-corrected chi connectivity index (χ4v) is 3.23. The Labute approximate surface area is 139 Å². The molecule has 0 spiro atoms. The van der Waals surface area contributed by atoms with Crippen LogP contribution in [0.2, 0.25) is 0 Å². The van der Waals surface area contributed by atoms with Crippen LogP contribution in [0.3, 0.4) is 0 Å². The Kier molecular flexibility index (Phi) is 4.28. The highest BCUT2D eigenvalue weighted by Crippen LogP contribution is 2.28. The van der Waals surface area contributed by atoms with Crippen molar-refractivity contribution in [3.63, 3.8) is 0 Å². The maximum Gasteiger partial charge on any atom is 0.328 e. The van der Waals surface area contributed by atoms with E-state index in [0.29, 0.717) is 30.5 Å². The zero-order valence-corrected chi connectivity index (χ0v) is 13.7. The lowest BCUT2D eigenvalue weighted by Crippen LogP contribution is -2.36. The summed E-state index contributed by atoms with van der Waals surface area (Å²) >= 11 is 0.